The van der Waals surface area contributed by atoms with Gasteiger partial charge in [-0.25, -0.2) is 0 Å². The van der Waals surface area contributed by atoms with Gasteiger partial charge in [-0.15, -0.1) is 0 Å². The molecular formula is C13H13BrINO. The Morgan fingerprint density at radius 2 is 2.06 bits per heavy atom. The zero-order valence-corrected chi connectivity index (χ0v) is 13.4. The van der Waals surface area contributed by atoms with Crippen LogP contribution in [0.15, 0.2) is 39.2 Å². The van der Waals surface area contributed by atoms with E-state index < -0.39 is 0 Å². The van der Waals surface area contributed by atoms with E-state index in [2.05, 4.69) is 69.0 Å². The standard InChI is InChI=1S/C13H13BrINO/c1-8(16-2)12-5-6-13(17-12)9-3-4-11(15)10(14)7-9/h3-8,16H,1-2H3. The van der Waals surface area contributed by atoms with Gasteiger partial charge in [0.2, 0.25) is 0 Å². The van der Waals surface area contributed by atoms with Crippen LogP contribution in [0.5, 0.6) is 0 Å². The van der Waals surface area contributed by atoms with E-state index in [0.29, 0.717) is 0 Å². The molecule has 1 aromatic heterocycles. The van der Waals surface area contributed by atoms with Crippen molar-refractivity contribution in [1.29, 1.82) is 0 Å². The molecule has 90 valence electrons. The highest BCUT2D eigenvalue weighted by atomic mass is 127. The first kappa shape index (κ1) is 13.1. The molecule has 17 heavy (non-hydrogen) atoms. The molecule has 0 radical (unpaired) electrons. The molecule has 2 aromatic rings. The smallest absolute Gasteiger partial charge is 0.134 e. The number of benzene rings is 1. The maximum Gasteiger partial charge on any atom is 0.134 e. The molecule has 0 fully saturated rings. The van der Waals surface area contributed by atoms with Crippen LogP contribution < -0.4 is 5.32 Å². The number of nitrogens with one attached hydrogen (secondary N) is 1. The first-order valence-corrected chi connectivity index (χ1v) is 7.21. The lowest BCUT2D eigenvalue weighted by Gasteiger charge is -2.06. The van der Waals surface area contributed by atoms with E-state index in [1.165, 1.54) is 3.57 Å². The van der Waals surface area contributed by atoms with Crippen LogP contribution in [-0.2, 0) is 0 Å². The fourth-order valence-electron chi connectivity index (χ4n) is 1.53. The predicted octanol–water partition coefficient (Wildman–Crippen LogP) is 4.59. The summed E-state index contributed by atoms with van der Waals surface area (Å²) in [6.07, 6.45) is 0. The SMILES string of the molecule is CNC(C)c1ccc(-c2ccc(I)c(Br)c2)o1. The summed E-state index contributed by atoms with van der Waals surface area (Å²) in [6.45, 7) is 2.08. The lowest BCUT2D eigenvalue weighted by atomic mass is 10.2. The Morgan fingerprint density at radius 3 is 2.71 bits per heavy atom. The third-order valence-corrected chi connectivity index (χ3v) is 5.03. The molecule has 1 N–H and O–H groups in total. The molecule has 0 bridgehead atoms. The van der Waals surface area contributed by atoms with Crippen molar-refractivity contribution in [2.24, 2.45) is 0 Å². The normalized spacial score (nSPS) is 12.7. The van der Waals surface area contributed by atoms with Crippen molar-refractivity contribution in [3.05, 3.63) is 44.1 Å². The molecule has 1 atom stereocenters. The Balaban J connectivity index is 2.33. The largest absolute Gasteiger partial charge is 0.459 e. The monoisotopic (exact) mass is 405 g/mol. The maximum absolute atomic E-state index is 5.83. The Bertz CT molecular complexity index is 524. The summed E-state index contributed by atoms with van der Waals surface area (Å²) >= 11 is 5.83. The molecule has 1 unspecified atom stereocenters. The average Bonchev–Trinajstić information content (AvgIpc) is 2.81. The van der Waals surface area contributed by atoms with Crippen molar-refractivity contribution >= 4 is 38.5 Å². The highest BCUT2D eigenvalue weighted by molar-refractivity contribution is 14.1. The number of hydrogen-bond acceptors (Lipinski definition) is 2. The van der Waals surface area contributed by atoms with E-state index in [1.54, 1.807) is 0 Å². The fraction of sp³-hybridized carbons (Fsp3) is 0.231. The van der Waals surface area contributed by atoms with E-state index in [9.17, 15) is 0 Å². The molecule has 0 spiro atoms. The van der Waals surface area contributed by atoms with Crippen LogP contribution in [-0.4, -0.2) is 7.05 Å². The summed E-state index contributed by atoms with van der Waals surface area (Å²) in [6, 6.07) is 10.5. The van der Waals surface area contributed by atoms with E-state index >= 15 is 0 Å². The minimum absolute atomic E-state index is 0.232. The molecule has 0 aliphatic carbocycles. The lowest BCUT2D eigenvalue weighted by Crippen LogP contribution is -2.10. The Kier molecular flexibility index (Phi) is 4.27. The lowest BCUT2D eigenvalue weighted by molar-refractivity contribution is 0.458. The van der Waals surface area contributed by atoms with Crippen molar-refractivity contribution in [2.45, 2.75) is 13.0 Å². The number of halogens is 2. The molecule has 1 heterocycles. The molecule has 4 heteroatoms. The van der Waals surface area contributed by atoms with Crippen LogP contribution in [0, 0.1) is 3.57 Å². The first-order valence-electron chi connectivity index (χ1n) is 5.34. The van der Waals surface area contributed by atoms with Crippen LogP contribution in [0.25, 0.3) is 11.3 Å². The Morgan fingerprint density at radius 1 is 1.29 bits per heavy atom. The molecule has 0 aliphatic heterocycles. The van der Waals surface area contributed by atoms with Gasteiger partial charge in [0, 0.05) is 13.6 Å². The van der Waals surface area contributed by atoms with E-state index in [4.69, 9.17) is 4.42 Å². The quantitative estimate of drug-likeness (QED) is 0.755. The Hall–Kier alpha value is -0.330. The molecule has 2 nitrogen and oxygen atoms in total. The van der Waals surface area contributed by atoms with Gasteiger partial charge in [0.25, 0.3) is 0 Å². The van der Waals surface area contributed by atoms with Gasteiger partial charge in [-0.05, 0) is 76.8 Å². The van der Waals surface area contributed by atoms with Gasteiger partial charge in [-0.3, -0.25) is 0 Å². The van der Waals surface area contributed by atoms with Crippen molar-refractivity contribution in [1.82, 2.24) is 5.32 Å². The molecule has 0 saturated heterocycles. The van der Waals surface area contributed by atoms with Gasteiger partial charge < -0.3 is 9.73 Å². The van der Waals surface area contributed by atoms with Crippen LogP contribution in [0.4, 0.5) is 0 Å². The van der Waals surface area contributed by atoms with Crippen LogP contribution in [0.3, 0.4) is 0 Å². The van der Waals surface area contributed by atoms with Crippen molar-refractivity contribution < 1.29 is 4.42 Å². The second-order valence-electron chi connectivity index (χ2n) is 3.84. The highest BCUT2D eigenvalue weighted by Gasteiger charge is 2.10. The topological polar surface area (TPSA) is 25.2 Å². The van der Waals surface area contributed by atoms with Crippen LogP contribution in [0.1, 0.15) is 18.7 Å². The zero-order chi connectivity index (χ0) is 12.4. The molecule has 0 aliphatic rings. The third kappa shape index (κ3) is 2.92. The first-order chi connectivity index (χ1) is 8.11. The van der Waals surface area contributed by atoms with Crippen LogP contribution in [0.2, 0.25) is 0 Å². The zero-order valence-electron chi connectivity index (χ0n) is 9.63. The van der Waals surface area contributed by atoms with Crippen molar-refractivity contribution in [2.75, 3.05) is 7.05 Å². The minimum Gasteiger partial charge on any atom is -0.459 e. The number of rotatable bonds is 3. The van der Waals surface area contributed by atoms with Crippen molar-refractivity contribution in [3.63, 3.8) is 0 Å². The Labute approximate surface area is 123 Å². The summed E-state index contributed by atoms with van der Waals surface area (Å²) in [5, 5.41) is 3.16. The average molecular weight is 406 g/mol. The third-order valence-electron chi connectivity index (χ3n) is 2.69. The van der Waals surface area contributed by atoms with E-state index in [-0.39, 0.29) is 6.04 Å². The summed E-state index contributed by atoms with van der Waals surface area (Å²) in [7, 11) is 1.92. The van der Waals surface area contributed by atoms with Gasteiger partial charge in [-0.2, -0.15) is 0 Å². The molecule has 2 rings (SSSR count). The predicted molar refractivity (Wildman–Crippen MR) is 82.0 cm³/mol. The molecule has 0 saturated carbocycles. The fourth-order valence-corrected chi connectivity index (χ4v) is 2.25. The van der Waals surface area contributed by atoms with Gasteiger partial charge in [0.1, 0.15) is 11.5 Å². The summed E-state index contributed by atoms with van der Waals surface area (Å²) in [5.74, 6) is 1.86. The summed E-state index contributed by atoms with van der Waals surface area (Å²) < 4.78 is 8.12. The van der Waals surface area contributed by atoms with Crippen molar-refractivity contribution in [3.8, 4) is 11.3 Å². The second-order valence-corrected chi connectivity index (χ2v) is 5.86. The van der Waals surface area contributed by atoms with Crippen LogP contribution >= 0.6 is 38.5 Å². The van der Waals surface area contributed by atoms with Gasteiger partial charge in [0.15, 0.2) is 0 Å². The molecule has 1 aromatic carbocycles. The maximum atomic E-state index is 5.83. The van der Waals surface area contributed by atoms with Gasteiger partial charge in [0.05, 0.1) is 6.04 Å². The number of hydrogen-bond donors (Lipinski definition) is 1. The molecule has 0 amide bonds. The minimum atomic E-state index is 0.232. The molecular weight excluding hydrogens is 393 g/mol. The summed E-state index contributed by atoms with van der Waals surface area (Å²) in [5.41, 5.74) is 1.09. The number of furan rings is 1. The van der Waals surface area contributed by atoms with E-state index in [0.717, 1.165) is 21.6 Å². The van der Waals surface area contributed by atoms with E-state index in [1.807, 2.05) is 19.2 Å². The van der Waals surface area contributed by atoms with Gasteiger partial charge >= 0.3 is 0 Å². The summed E-state index contributed by atoms with van der Waals surface area (Å²) in [4.78, 5) is 0. The highest BCUT2D eigenvalue weighted by Crippen LogP contribution is 2.29. The van der Waals surface area contributed by atoms with Gasteiger partial charge in [-0.1, -0.05) is 6.07 Å². The second kappa shape index (κ2) is 5.54.